The Morgan fingerprint density at radius 3 is 2.78 bits per heavy atom. The number of hydrogen-bond donors (Lipinski definition) is 0. The largest absolute Gasteiger partial charge is 0.206 e. The van der Waals surface area contributed by atoms with Gasteiger partial charge in [-0.15, -0.1) is 0 Å². The summed E-state index contributed by atoms with van der Waals surface area (Å²) in [4.78, 5) is 0. The monoisotopic (exact) mass is 370 g/mol. The van der Waals surface area contributed by atoms with E-state index in [1.807, 2.05) is 12.1 Å². The van der Waals surface area contributed by atoms with Gasteiger partial charge in [-0.1, -0.05) is 35.9 Å². The van der Waals surface area contributed by atoms with Crippen molar-refractivity contribution in [2.24, 2.45) is 0 Å². The molecule has 0 bridgehead atoms. The Hall–Kier alpha value is -0.870. The number of allylic oxidation sites excluding steroid dienone is 1. The van der Waals surface area contributed by atoms with Crippen LogP contribution in [0.15, 0.2) is 42.5 Å². The summed E-state index contributed by atoms with van der Waals surface area (Å²) in [6, 6.07) is 10.8. The predicted molar refractivity (Wildman–Crippen MR) is 82.5 cm³/mol. The molecule has 3 rings (SSSR count). The summed E-state index contributed by atoms with van der Waals surface area (Å²) in [6.45, 7) is 0. The van der Waals surface area contributed by atoms with Crippen molar-refractivity contribution in [1.29, 1.82) is 0 Å². The van der Waals surface area contributed by atoms with Crippen molar-refractivity contribution in [2.45, 2.75) is 6.42 Å². The second-order valence-corrected chi connectivity index (χ2v) is 5.79. The Balaban J connectivity index is 2.19. The van der Waals surface area contributed by atoms with E-state index in [9.17, 15) is 4.39 Å². The molecule has 2 aromatic carbocycles. The molecule has 3 heteroatoms. The maximum absolute atomic E-state index is 13.9. The zero-order valence-electron chi connectivity index (χ0n) is 9.38. The Labute approximate surface area is 124 Å². The van der Waals surface area contributed by atoms with Crippen LogP contribution in [-0.2, 0) is 6.42 Å². The maximum atomic E-state index is 13.9. The summed E-state index contributed by atoms with van der Waals surface area (Å²) in [5.74, 6) is -0.278. The molecule has 0 amide bonds. The Kier molecular flexibility index (Phi) is 3.16. The Morgan fingerprint density at radius 2 is 2.00 bits per heavy atom. The fraction of sp³-hybridized carbons (Fsp3) is 0.0667. The first-order chi connectivity index (χ1) is 8.66. The lowest BCUT2D eigenvalue weighted by molar-refractivity contribution is 0.631. The maximum Gasteiger partial charge on any atom is 0.132 e. The standard InChI is InChI=1S/C15H9ClFI/c16-12-2-1-3-13(17)15(12)10-5-4-9-6-7-14(18)11(9)8-10/h1-5,7-8H,6H2. The van der Waals surface area contributed by atoms with Crippen LogP contribution in [0.2, 0.25) is 5.02 Å². The number of hydrogen-bond acceptors (Lipinski definition) is 0. The first-order valence-corrected chi connectivity index (χ1v) is 7.06. The van der Waals surface area contributed by atoms with E-state index in [1.54, 1.807) is 12.1 Å². The summed E-state index contributed by atoms with van der Waals surface area (Å²) in [5.41, 5.74) is 3.79. The first-order valence-electron chi connectivity index (χ1n) is 5.60. The third-order valence-electron chi connectivity index (χ3n) is 3.12. The molecule has 0 spiro atoms. The number of benzene rings is 2. The molecule has 0 nitrogen and oxygen atoms in total. The van der Waals surface area contributed by atoms with Gasteiger partial charge in [0.1, 0.15) is 5.82 Å². The third-order valence-corrected chi connectivity index (χ3v) is 4.46. The van der Waals surface area contributed by atoms with Crippen LogP contribution in [0.4, 0.5) is 4.39 Å². The summed E-state index contributed by atoms with van der Waals surface area (Å²) < 4.78 is 15.1. The molecular weight excluding hydrogens is 362 g/mol. The van der Waals surface area contributed by atoms with E-state index in [4.69, 9.17) is 11.6 Å². The van der Waals surface area contributed by atoms with Gasteiger partial charge < -0.3 is 0 Å². The molecule has 0 saturated heterocycles. The van der Waals surface area contributed by atoms with Gasteiger partial charge in [0.05, 0.1) is 5.02 Å². The van der Waals surface area contributed by atoms with E-state index >= 15 is 0 Å². The highest BCUT2D eigenvalue weighted by atomic mass is 127. The van der Waals surface area contributed by atoms with Crippen molar-refractivity contribution in [3.63, 3.8) is 0 Å². The minimum atomic E-state index is -0.278. The summed E-state index contributed by atoms with van der Waals surface area (Å²) in [7, 11) is 0. The number of rotatable bonds is 1. The van der Waals surface area contributed by atoms with Crippen molar-refractivity contribution in [2.75, 3.05) is 0 Å². The fourth-order valence-corrected chi connectivity index (χ4v) is 3.21. The molecule has 0 fully saturated rings. The van der Waals surface area contributed by atoms with Gasteiger partial charge in [-0.25, -0.2) is 4.39 Å². The molecular formula is C15H9ClFI. The second-order valence-electron chi connectivity index (χ2n) is 4.22. The predicted octanol–water partition coefficient (Wildman–Crippen LogP) is 5.48. The van der Waals surface area contributed by atoms with E-state index in [2.05, 4.69) is 34.7 Å². The van der Waals surface area contributed by atoms with Crippen molar-refractivity contribution in [1.82, 2.24) is 0 Å². The van der Waals surface area contributed by atoms with Gasteiger partial charge in [-0.2, -0.15) is 0 Å². The van der Waals surface area contributed by atoms with Gasteiger partial charge in [0.15, 0.2) is 0 Å². The summed E-state index contributed by atoms with van der Waals surface area (Å²) in [5, 5.41) is 0.451. The van der Waals surface area contributed by atoms with Crippen LogP contribution in [0.25, 0.3) is 14.7 Å². The lowest BCUT2D eigenvalue weighted by Crippen LogP contribution is -1.89. The molecule has 0 unspecified atom stereocenters. The van der Waals surface area contributed by atoms with Crippen LogP contribution in [0.1, 0.15) is 11.1 Å². The minimum absolute atomic E-state index is 0.278. The van der Waals surface area contributed by atoms with E-state index in [-0.39, 0.29) is 5.82 Å². The van der Waals surface area contributed by atoms with Gasteiger partial charge in [0, 0.05) is 9.14 Å². The molecule has 0 heterocycles. The SMILES string of the molecule is Fc1cccc(Cl)c1-c1ccc2c(c1)C(I)=CC2. The molecule has 0 N–H and O–H groups in total. The number of halogens is 3. The second kappa shape index (κ2) is 4.67. The van der Waals surface area contributed by atoms with Crippen LogP contribution >= 0.6 is 34.2 Å². The van der Waals surface area contributed by atoms with Crippen molar-refractivity contribution in [3.8, 4) is 11.1 Å². The lowest BCUT2D eigenvalue weighted by Gasteiger charge is -2.09. The van der Waals surface area contributed by atoms with Crippen molar-refractivity contribution < 1.29 is 4.39 Å². The van der Waals surface area contributed by atoms with Crippen molar-refractivity contribution in [3.05, 3.63) is 64.4 Å². The van der Waals surface area contributed by atoms with Gasteiger partial charge in [-0.05, 0) is 63.9 Å². The normalized spacial score (nSPS) is 13.4. The average Bonchev–Trinajstić information content (AvgIpc) is 2.71. The quantitative estimate of drug-likeness (QED) is 0.583. The van der Waals surface area contributed by atoms with Crippen LogP contribution in [0.3, 0.4) is 0 Å². The minimum Gasteiger partial charge on any atom is -0.206 e. The van der Waals surface area contributed by atoms with Crippen LogP contribution in [-0.4, -0.2) is 0 Å². The van der Waals surface area contributed by atoms with E-state index < -0.39 is 0 Å². The molecule has 0 atom stereocenters. The molecule has 1 aliphatic rings. The highest BCUT2D eigenvalue weighted by molar-refractivity contribution is 14.1. The average molecular weight is 371 g/mol. The summed E-state index contributed by atoms with van der Waals surface area (Å²) in [6.07, 6.45) is 3.14. The van der Waals surface area contributed by atoms with E-state index in [0.717, 1.165) is 12.0 Å². The lowest BCUT2D eigenvalue weighted by atomic mass is 10.00. The zero-order valence-corrected chi connectivity index (χ0v) is 12.3. The highest BCUT2D eigenvalue weighted by Gasteiger charge is 2.15. The molecule has 2 aromatic rings. The van der Waals surface area contributed by atoms with Gasteiger partial charge in [-0.3, -0.25) is 0 Å². The Morgan fingerprint density at radius 1 is 1.17 bits per heavy atom. The molecule has 90 valence electrons. The smallest absolute Gasteiger partial charge is 0.132 e. The van der Waals surface area contributed by atoms with Crippen LogP contribution < -0.4 is 0 Å². The molecule has 0 saturated carbocycles. The molecule has 0 aromatic heterocycles. The summed E-state index contributed by atoms with van der Waals surface area (Å²) >= 11 is 8.41. The van der Waals surface area contributed by atoms with Crippen LogP contribution in [0, 0.1) is 5.82 Å². The first kappa shape index (κ1) is 12.2. The Bertz CT molecular complexity index is 641. The fourth-order valence-electron chi connectivity index (χ4n) is 2.22. The molecule has 1 aliphatic carbocycles. The van der Waals surface area contributed by atoms with E-state index in [0.29, 0.717) is 10.6 Å². The van der Waals surface area contributed by atoms with Gasteiger partial charge in [0.2, 0.25) is 0 Å². The van der Waals surface area contributed by atoms with Gasteiger partial charge >= 0.3 is 0 Å². The molecule has 0 radical (unpaired) electrons. The zero-order chi connectivity index (χ0) is 12.7. The molecule has 0 aliphatic heterocycles. The van der Waals surface area contributed by atoms with E-state index in [1.165, 1.54) is 20.8 Å². The van der Waals surface area contributed by atoms with Crippen LogP contribution in [0.5, 0.6) is 0 Å². The number of fused-ring (bicyclic) bond motifs is 1. The topological polar surface area (TPSA) is 0 Å². The molecule has 18 heavy (non-hydrogen) atoms. The van der Waals surface area contributed by atoms with Gasteiger partial charge in [0.25, 0.3) is 0 Å². The van der Waals surface area contributed by atoms with Crippen molar-refractivity contribution >= 4 is 37.8 Å². The highest BCUT2D eigenvalue weighted by Crippen LogP contribution is 2.37. The third kappa shape index (κ3) is 1.97.